The number of aromatic hydroxyl groups is 1. The zero-order valence-corrected chi connectivity index (χ0v) is 33.7. The van der Waals surface area contributed by atoms with Gasteiger partial charge in [-0.25, -0.2) is 26.3 Å². The zero-order chi connectivity index (χ0) is 43.1. The van der Waals surface area contributed by atoms with E-state index in [0.717, 1.165) is 40.1 Å². The number of aromatic nitrogens is 2. The molecule has 0 unspecified atom stereocenters. The smallest absolute Gasteiger partial charge is 0.319 e. The number of rotatable bonds is 9. The molecule has 8 rings (SSSR count). The summed E-state index contributed by atoms with van der Waals surface area (Å²) in [5, 5.41) is 15.0. The highest BCUT2D eigenvalue weighted by Gasteiger charge is 2.39. The summed E-state index contributed by atoms with van der Waals surface area (Å²) in [4.78, 5) is 41.6. The minimum absolute atomic E-state index is 0.00694. The summed E-state index contributed by atoms with van der Waals surface area (Å²) in [6, 6.07) is 11.7. The van der Waals surface area contributed by atoms with Crippen LogP contribution in [0.4, 0.5) is 37.8 Å². The van der Waals surface area contributed by atoms with Crippen molar-refractivity contribution in [1.29, 1.82) is 0 Å². The number of nitrogens with zero attached hydrogens (tertiary/aromatic N) is 7. The fourth-order valence-electron chi connectivity index (χ4n) is 7.81. The van der Waals surface area contributed by atoms with Crippen LogP contribution in [-0.4, -0.2) is 158 Å². The number of halogens is 6. The Labute approximate surface area is 344 Å². The number of hydrogen-bond acceptors (Lipinski definition) is 12. The Hall–Kier alpha value is -4.88. The number of anilines is 2. The first-order chi connectivity index (χ1) is 28.5. The van der Waals surface area contributed by atoms with Crippen LogP contribution in [0.5, 0.6) is 11.8 Å². The quantitative estimate of drug-likeness (QED) is 0.178. The second-order valence-electron chi connectivity index (χ2n) is 15.5. The number of methoxy groups -OCH3 is 1. The molecule has 0 aliphatic carbocycles. The molecule has 1 amide bonds. The Balaban J connectivity index is 0.000000260. The zero-order valence-electron chi connectivity index (χ0n) is 33.7. The van der Waals surface area contributed by atoms with Gasteiger partial charge in [0.25, 0.3) is 17.8 Å². The number of esters is 1. The molecule has 60 heavy (non-hydrogen) atoms. The van der Waals surface area contributed by atoms with Crippen molar-refractivity contribution >= 4 is 34.2 Å². The number of hydrogen-bond donors (Lipinski definition) is 2. The number of nitrogens with one attached hydrogen (secondary N) is 1. The summed E-state index contributed by atoms with van der Waals surface area (Å²) >= 11 is 0. The molecule has 328 valence electrons. The van der Waals surface area contributed by atoms with Crippen molar-refractivity contribution in [1.82, 2.24) is 30.0 Å². The number of benzene rings is 2. The molecule has 0 radical (unpaired) electrons. The lowest BCUT2D eigenvalue weighted by Gasteiger charge is -2.38. The topological polar surface area (TPSA) is 127 Å². The fraction of sp³-hybridized carbons (Fsp3) is 0.561. The first kappa shape index (κ1) is 44.7. The van der Waals surface area contributed by atoms with Crippen molar-refractivity contribution in [2.45, 2.75) is 50.0 Å². The minimum atomic E-state index is -2.65. The summed E-state index contributed by atoms with van der Waals surface area (Å²) in [6.07, 6.45) is 1.75. The molecule has 0 saturated carbocycles. The molecule has 3 aromatic rings. The number of likely N-dealkylation sites (tertiary alicyclic amines) is 2. The van der Waals surface area contributed by atoms with Crippen LogP contribution in [0.25, 0.3) is 10.8 Å². The summed E-state index contributed by atoms with van der Waals surface area (Å²) in [6.45, 7) is 8.06. The molecule has 0 spiro atoms. The third kappa shape index (κ3) is 11.9. The lowest BCUT2D eigenvalue weighted by molar-refractivity contribution is -0.141. The molecule has 1 aromatic heterocycles. The van der Waals surface area contributed by atoms with Crippen LogP contribution in [0.1, 0.15) is 30.5 Å². The Morgan fingerprint density at radius 1 is 0.883 bits per heavy atom. The van der Waals surface area contributed by atoms with E-state index in [-0.39, 0.29) is 76.3 Å². The average molecular weight is 851 g/mol. The van der Waals surface area contributed by atoms with E-state index in [2.05, 4.69) is 26.4 Å². The Morgan fingerprint density at radius 3 is 2.18 bits per heavy atom. The van der Waals surface area contributed by atoms with E-state index < -0.39 is 23.7 Å². The van der Waals surface area contributed by atoms with Crippen molar-refractivity contribution in [3.63, 3.8) is 0 Å². The number of alkyl halides is 6. The molecule has 19 heteroatoms. The van der Waals surface area contributed by atoms with E-state index in [9.17, 15) is 41.0 Å². The highest BCUT2D eigenvalue weighted by molar-refractivity contribution is 5.95. The summed E-state index contributed by atoms with van der Waals surface area (Å²) in [5.41, 5.74) is 2.81. The first-order valence-electron chi connectivity index (χ1n) is 20.0. The van der Waals surface area contributed by atoms with Crippen molar-refractivity contribution in [3.05, 3.63) is 60.3 Å². The molecule has 2 aromatic carbocycles. The molecule has 4 fully saturated rings. The van der Waals surface area contributed by atoms with Crippen LogP contribution in [0.15, 0.2) is 49.1 Å². The van der Waals surface area contributed by atoms with E-state index in [0.29, 0.717) is 58.8 Å². The van der Waals surface area contributed by atoms with E-state index in [1.165, 1.54) is 18.1 Å². The molecule has 13 nitrogen and oxygen atoms in total. The third-order valence-electron chi connectivity index (χ3n) is 11.0. The Bertz CT molecular complexity index is 1980. The number of carbonyl (C=O) groups excluding carboxylic acids is 2. The maximum atomic E-state index is 13.6. The van der Waals surface area contributed by atoms with E-state index in [1.54, 1.807) is 21.9 Å². The molecule has 0 atom stereocenters. The fourth-order valence-corrected chi connectivity index (χ4v) is 7.81. The van der Waals surface area contributed by atoms with E-state index >= 15 is 0 Å². The molecular weight excluding hydrogens is 798 g/mol. The monoisotopic (exact) mass is 850 g/mol. The average Bonchev–Trinajstić information content (AvgIpc) is 3.91. The van der Waals surface area contributed by atoms with Gasteiger partial charge in [-0.1, -0.05) is 30.8 Å². The maximum Gasteiger partial charge on any atom is 0.319 e. The lowest BCUT2D eigenvalue weighted by atomic mass is 10.0. The number of piperazine rings is 1. The van der Waals surface area contributed by atoms with Gasteiger partial charge in [0.05, 0.1) is 45.5 Å². The predicted octanol–water partition coefficient (Wildman–Crippen LogP) is 4.57. The van der Waals surface area contributed by atoms with Crippen molar-refractivity contribution in [2.75, 3.05) is 109 Å². The number of carbonyl (C=O) groups is 2. The predicted molar refractivity (Wildman–Crippen MR) is 213 cm³/mol. The maximum absolute atomic E-state index is 13.6. The number of ether oxygens (including phenoxy) is 2. The first-order valence-corrected chi connectivity index (χ1v) is 20.0. The molecule has 5 aliphatic heterocycles. The Kier molecular flexibility index (Phi) is 14.3. The third-order valence-corrected chi connectivity index (χ3v) is 11.0. The second-order valence-corrected chi connectivity index (χ2v) is 15.5. The number of amides is 1. The van der Waals surface area contributed by atoms with Gasteiger partial charge < -0.3 is 34.6 Å². The molecule has 6 heterocycles. The van der Waals surface area contributed by atoms with Gasteiger partial charge in [-0.3, -0.25) is 19.4 Å². The van der Waals surface area contributed by atoms with Gasteiger partial charge in [-0.2, -0.15) is 9.97 Å². The molecule has 2 N–H and O–H groups in total. The standard InChI is InChI=1S/C30H34F2N6O3.C7H11F2NO2.C4H7F2N/c1-2-27(40)36-11-13-37(14-12-36)28-24-7-9-38(26-18-22(39)17-21-5-3-4-6-23(21)26)19-25(24)33-29(34-28)41-16-15-35-10-8-30(31,32)20-35;1-12-6(11)4-10-3-2-7(8,9)5-10;5-4(6)1-2-7-3-4/h2-6,17-18,39H,1,7-16,19-20H2;2-5H2,1H3;7H,1-3H2. The SMILES string of the molecule is C=CC(=O)N1CCN(c2nc(OCCN3CCC(F)(F)C3)nc3c2CCN(c2cc(O)cc4ccccc24)C3)CC1.COC(=O)CN1CCC(F)(F)C1.FC1(F)CCNC1. The molecule has 0 bridgehead atoms. The highest BCUT2D eigenvalue weighted by atomic mass is 19.3. The van der Waals surface area contributed by atoms with Crippen LogP contribution >= 0.6 is 0 Å². The number of fused-ring (bicyclic) bond motifs is 2. The minimum Gasteiger partial charge on any atom is -0.508 e. The number of phenols is 1. The Morgan fingerprint density at radius 2 is 1.58 bits per heavy atom. The second kappa shape index (κ2) is 19.2. The summed E-state index contributed by atoms with van der Waals surface area (Å²) in [7, 11) is 1.25. The van der Waals surface area contributed by atoms with Crippen molar-refractivity contribution in [3.8, 4) is 11.8 Å². The molecule has 5 aliphatic rings. The normalized spacial score (nSPS) is 20.8. The van der Waals surface area contributed by atoms with Crippen molar-refractivity contribution < 1.29 is 50.5 Å². The van der Waals surface area contributed by atoms with Gasteiger partial charge in [0.15, 0.2) is 0 Å². The van der Waals surface area contributed by atoms with Gasteiger partial charge in [0.2, 0.25) is 5.91 Å². The van der Waals surface area contributed by atoms with Gasteiger partial charge in [-0.05, 0) is 23.9 Å². The van der Waals surface area contributed by atoms with Gasteiger partial charge in [-0.15, -0.1) is 0 Å². The van der Waals surface area contributed by atoms with Crippen LogP contribution in [0.2, 0.25) is 0 Å². The molecular formula is C41H52F6N8O5. The largest absolute Gasteiger partial charge is 0.508 e. The van der Waals surface area contributed by atoms with Gasteiger partial charge in [0.1, 0.15) is 18.2 Å². The van der Waals surface area contributed by atoms with Crippen LogP contribution in [-0.2, 0) is 27.3 Å². The van der Waals surface area contributed by atoms with Crippen molar-refractivity contribution in [2.24, 2.45) is 0 Å². The van der Waals surface area contributed by atoms with E-state index in [4.69, 9.17) is 14.7 Å². The summed E-state index contributed by atoms with van der Waals surface area (Å²) in [5.74, 6) is -7.24. The van der Waals surface area contributed by atoms with Crippen LogP contribution in [0.3, 0.4) is 0 Å². The van der Waals surface area contributed by atoms with Gasteiger partial charge >= 0.3 is 12.0 Å². The lowest BCUT2D eigenvalue weighted by Crippen LogP contribution is -2.49. The van der Waals surface area contributed by atoms with E-state index in [1.807, 2.05) is 24.3 Å². The van der Waals surface area contributed by atoms with Crippen LogP contribution in [0, 0.1) is 0 Å². The van der Waals surface area contributed by atoms with Gasteiger partial charge in [0, 0.05) is 101 Å². The summed E-state index contributed by atoms with van der Waals surface area (Å²) < 4.78 is 86.5. The molecule has 4 saturated heterocycles. The highest BCUT2D eigenvalue weighted by Crippen LogP contribution is 2.37. The number of phenolic OH excluding ortho intramolecular Hbond substituents is 1. The van der Waals surface area contributed by atoms with Crippen LogP contribution < -0.4 is 19.9 Å².